The molecule has 2 aliphatic rings. The average molecular weight is 521 g/mol. The average Bonchev–Trinajstić information content (AvgIpc) is 3.38. The molecule has 37 heavy (non-hydrogen) atoms. The van der Waals surface area contributed by atoms with Crippen molar-refractivity contribution in [1.29, 1.82) is 0 Å². The van der Waals surface area contributed by atoms with Crippen LogP contribution in [-0.4, -0.2) is 79.8 Å². The number of benzene rings is 1. The van der Waals surface area contributed by atoms with E-state index in [4.69, 9.17) is 9.47 Å². The highest BCUT2D eigenvalue weighted by Crippen LogP contribution is 2.34. The van der Waals surface area contributed by atoms with Crippen LogP contribution in [0.4, 0.5) is 29.5 Å². The number of ether oxygens (including phenoxy) is 2. The van der Waals surface area contributed by atoms with E-state index in [-0.39, 0.29) is 38.3 Å². The number of aliphatic hydroxyl groups is 1. The highest BCUT2D eigenvalue weighted by atomic mass is 19.4. The molecule has 200 valence electrons. The third kappa shape index (κ3) is 6.53. The lowest BCUT2D eigenvalue weighted by molar-refractivity contribution is -0.0922. The molecular weight excluding hydrogens is 489 g/mol. The third-order valence-corrected chi connectivity index (χ3v) is 6.57. The molecule has 8 nitrogen and oxygen atoms in total. The summed E-state index contributed by atoms with van der Waals surface area (Å²) in [6.45, 7) is 5.70. The minimum absolute atomic E-state index is 0.0469. The summed E-state index contributed by atoms with van der Waals surface area (Å²) < 4.78 is 50.2. The van der Waals surface area contributed by atoms with Crippen LogP contribution in [0.2, 0.25) is 0 Å². The summed E-state index contributed by atoms with van der Waals surface area (Å²) in [7, 11) is 0. The van der Waals surface area contributed by atoms with Gasteiger partial charge in [-0.05, 0) is 60.7 Å². The van der Waals surface area contributed by atoms with E-state index in [1.807, 2.05) is 25.1 Å². The molecule has 2 N–H and O–H groups in total. The topological polar surface area (TPSA) is 87.2 Å². The lowest BCUT2D eigenvalue weighted by Crippen LogP contribution is -2.36. The van der Waals surface area contributed by atoms with Crippen LogP contribution in [0.25, 0.3) is 11.1 Å². The van der Waals surface area contributed by atoms with Gasteiger partial charge in [0.1, 0.15) is 12.4 Å². The van der Waals surface area contributed by atoms with Crippen LogP contribution >= 0.6 is 0 Å². The lowest BCUT2D eigenvalue weighted by Gasteiger charge is -2.28. The maximum atomic E-state index is 13.1. The van der Waals surface area contributed by atoms with Crippen LogP contribution < -0.4 is 15.0 Å². The number of aryl methyl sites for hydroxylation is 1. The smallest absolute Gasteiger partial charge is 0.412 e. The number of carbonyl (C=O) groups excluding carboxylic acids is 1. The lowest BCUT2D eigenvalue weighted by atomic mass is 10.0. The molecule has 0 radical (unpaired) electrons. The largest absolute Gasteiger partial charge is 0.475 e. The standard InChI is InChI=1S/C26H31F3N4O4/c1-17-3-4-21(30-25(35)33-6-5-19(16-33)18(2)26(27,28)29)15-22(17)20-13-23(32-7-10-36-11-8-32)31-24(14-20)37-12-9-34/h3-4,13-15,34H,5-12,16H2,1-2H3,(H,30,35)/b19-18-. The first kappa shape index (κ1) is 26.7. The number of nitrogens with one attached hydrogen (secondary N) is 1. The van der Waals surface area contributed by atoms with Gasteiger partial charge in [-0.2, -0.15) is 18.2 Å². The van der Waals surface area contributed by atoms with Crippen molar-refractivity contribution in [1.82, 2.24) is 9.88 Å². The molecule has 0 atom stereocenters. The van der Waals surface area contributed by atoms with Crippen LogP contribution in [0.1, 0.15) is 18.9 Å². The molecule has 1 aromatic carbocycles. The van der Waals surface area contributed by atoms with Gasteiger partial charge in [0.2, 0.25) is 5.88 Å². The van der Waals surface area contributed by atoms with E-state index in [9.17, 15) is 23.1 Å². The molecule has 2 aromatic rings. The summed E-state index contributed by atoms with van der Waals surface area (Å²) in [4.78, 5) is 20.9. The van der Waals surface area contributed by atoms with Crippen molar-refractivity contribution in [3.8, 4) is 17.0 Å². The second-order valence-electron chi connectivity index (χ2n) is 9.08. The van der Waals surface area contributed by atoms with E-state index in [0.717, 1.165) is 29.4 Å². The summed E-state index contributed by atoms with van der Waals surface area (Å²) in [6, 6.07) is 8.74. The predicted octanol–water partition coefficient (Wildman–Crippen LogP) is 4.38. The first-order valence-electron chi connectivity index (χ1n) is 12.2. The molecule has 2 amide bonds. The molecule has 0 saturated carbocycles. The van der Waals surface area contributed by atoms with Gasteiger partial charge < -0.3 is 29.7 Å². The number of aliphatic hydroxyl groups excluding tert-OH is 1. The number of aromatic nitrogens is 1. The predicted molar refractivity (Wildman–Crippen MR) is 134 cm³/mol. The number of anilines is 2. The SMILES string of the molecule is C/C(=C1\CCN(C(=O)Nc2ccc(C)c(-c3cc(OCCO)nc(N4CCOCC4)c3)c2)C1)C(F)(F)F. The molecule has 1 aromatic heterocycles. The summed E-state index contributed by atoms with van der Waals surface area (Å²) in [5.41, 5.74) is 2.75. The zero-order valence-corrected chi connectivity index (χ0v) is 20.9. The van der Waals surface area contributed by atoms with Gasteiger partial charge in [0.25, 0.3) is 0 Å². The number of halogens is 3. The minimum atomic E-state index is -4.39. The number of hydrogen-bond donors (Lipinski definition) is 2. The number of rotatable bonds is 6. The van der Waals surface area contributed by atoms with E-state index < -0.39 is 17.8 Å². The summed E-state index contributed by atoms with van der Waals surface area (Å²) in [5, 5.41) is 12.0. The van der Waals surface area contributed by atoms with Gasteiger partial charge in [0.15, 0.2) is 0 Å². The van der Waals surface area contributed by atoms with Crippen LogP contribution in [0.5, 0.6) is 5.88 Å². The van der Waals surface area contributed by atoms with Gasteiger partial charge in [0.05, 0.1) is 19.8 Å². The molecule has 11 heteroatoms. The number of pyridine rings is 1. The number of carbonyl (C=O) groups is 1. The molecule has 2 fully saturated rings. The Morgan fingerprint density at radius 2 is 1.95 bits per heavy atom. The summed E-state index contributed by atoms with van der Waals surface area (Å²) in [6.07, 6.45) is -4.19. The van der Waals surface area contributed by atoms with Gasteiger partial charge in [-0.15, -0.1) is 0 Å². The van der Waals surface area contributed by atoms with Crippen molar-refractivity contribution in [3.05, 3.63) is 47.0 Å². The Labute approximate surface area is 213 Å². The van der Waals surface area contributed by atoms with Crippen molar-refractivity contribution in [2.75, 3.05) is 62.8 Å². The Hall–Kier alpha value is -3.31. The van der Waals surface area contributed by atoms with Gasteiger partial charge in [-0.3, -0.25) is 0 Å². The molecule has 0 unspecified atom stereocenters. The third-order valence-electron chi connectivity index (χ3n) is 6.57. The highest BCUT2D eigenvalue weighted by molar-refractivity contribution is 5.91. The fourth-order valence-electron chi connectivity index (χ4n) is 4.38. The number of hydrogen-bond acceptors (Lipinski definition) is 6. The van der Waals surface area contributed by atoms with Crippen LogP contribution in [-0.2, 0) is 4.74 Å². The normalized spacial score (nSPS) is 17.7. The van der Waals surface area contributed by atoms with Crippen molar-refractivity contribution in [3.63, 3.8) is 0 Å². The number of morpholine rings is 1. The summed E-state index contributed by atoms with van der Waals surface area (Å²) >= 11 is 0. The molecule has 3 heterocycles. The van der Waals surface area contributed by atoms with E-state index in [0.29, 0.717) is 37.9 Å². The first-order valence-corrected chi connectivity index (χ1v) is 12.2. The maximum absolute atomic E-state index is 13.1. The van der Waals surface area contributed by atoms with Crippen LogP contribution in [0.3, 0.4) is 0 Å². The molecule has 2 saturated heterocycles. The van der Waals surface area contributed by atoms with Gasteiger partial charge in [0, 0.05) is 43.5 Å². The Kier molecular flexibility index (Phi) is 8.23. The van der Waals surface area contributed by atoms with Gasteiger partial charge in [-0.25, -0.2) is 4.79 Å². The Morgan fingerprint density at radius 3 is 2.65 bits per heavy atom. The number of alkyl halides is 3. The number of allylic oxidation sites excluding steroid dienone is 1. The number of likely N-dealkylation sites (tertiary alicyclic amines) is 1. The van der Waals surface area contributed by atoms with Crippen molar-refractivity contribution in [2.45, 2.75) is 26.4 Å². The Balaban J connectivity index is 1.57. The first-order chi connectivity index (χ1) is 17.7. The quantitative estimate of drug-likeness (QED) is 0.550. The zero-order chi connectivity index (χ0) is 26.6. The van der Waals surface area contributed by atoms with E-state index in [1.54, 1.807) is 12.1 Å². The molecular formula is C26H31F3N4O4. The molecule has 4 rings (SSSR count). The van der Waals surface area contributed by atoms with E-state index in [1.165, 1.54) is 4.90 Å². The molecule has 0 spiro atoms. The minimum Gasteiger partial charge on any atom is -0.475 e. The Bertz CT molecular complexity index is 1160. The van der Waals surface area contributed by atoms with Crippen molar-refractivity contribution < 1.29 is 32.5 Å². The zero-order valence-electron chi connectivity index (χ0n) is 20.9. The van der Waals surface area contributed by atoms with E-state index >= 15 is 0 Å². The van der Waals surface area contributed by atoms with Crippen molar-refractivity contribution >= 4 is 17.5 Å². The summed E-state index contributed by atoms with van der Waals surface area (Å²) in [5.74, 6) is 1.09. The fraction of sp³-hybridized carbons (Fsp3) is 0.462. The maximum Gasteiger partial charge on any atom is 0.412 e. The fourth-order valence-corrected chi connectivity index (χ4v) is 4.38. The van der Waals surface area contributed by atoms with Crippen LogP contribution in [0.15, 0.2) is 41.5 Å². The number of urea groups is 1. The molecule has 0 aliphatic carbocycles. The van der Waals surface area contributed by atoms with Crippen molar-refractivity contribution in [2.24, 2.45) is 0 Å². The highest BCUT2D eigenvalue weighted by Gasteiger charge is 2.35. The number of nitrogens with zero attached hydrogens (tertiary/aromatic N) is 3. The van der Waals surface area contributed by atoms with E-state index in [2.05, 4.69) is 15.2 Å². The molecule has 0 bridgehead atoms. The second kappa shape index (κ2) is 11.4. The number of amides is 2. The van der Waals surface area contributed by atoms with Gasteiger partial charge in [-0.1, -0.05) is 6.07 Å². The Morgan fingerprint density at radius 1 is 1.19 bits per heavy atom. The monoisotopic (exact) mass is 520 g/mol. The second-order valence-corrected chi connectivity index (χ2v) is 9.08. The van der Waals surface area contributed by atoms with Gasteiger partial charge >= 0.3 is 12.2 Å². The van der Waals surface area contributed by atoms with Crippen LogP contribution in [0, 0.1) is 6.92 Å². The molecule has 2 aliphatic heterocycles.